The van der Waals surface area contributed by atoms with Crippen LogP contribution in [-0.2, 0) is 19.1 Å². The zero-order chi connectivity index (χ0) is 49.9. The minimum absolute atomic E-state index is 0.0868. The van der Waals surface area contributed by atoms with Crippen molar-refractivity contribution in [3.8, 4) is 0 Å². The third-order valence-electron chi connectivity index (χ3n) is 11.1. The van der Waals surface area contributed by atoms with Crippen LogP contribution in [0.2, 0.25) is 0 Å². The van der Waals surface area contributed by atoms with Crippen molar-refractivity contribution in [1.29, 1.82) is 0 Å². The van der Waals surface area contributed by atoms with Gasteiger partial charge in [-0.25, -0.2) is 0 Å². The molecule has 0 fully saturated rings. The van der Waals surface area contributed by atoms with E-state index in [-0.39, 0.29) is 25.2 Å². The average Bonchev–Trinajstić information content (AvgIpc) is 3.35. The maximum Gasteiger partial charge on any atom is 0.306 e. The molecule has 1 N–H and O–H groups in total. The fourth-order valence-electron chi connectivity index (χ4n) is 6.93. The number of esters is 2. The van der Waals surface area contributed by atoms with E-state index in [9.17, 15) is 14.7 Å². The summed E-state index contributed by atoms with van der Waals surface area (Å²) >= 11 is 0. The van der Waals surface area contributed by atoms with Gasteiger partial charge in [0.1, 0.15) is 6.61 Å². The summed E-state index contributed by atoms with van der Waals surface area (Å²) in [5.74, 6) is -0.632. The lowest BCUT2D eigenvalue weighted by Crippen LogP contribution is -2.28. The number of unbranched alkanes of at least 4 members (excludes halogenated alkanes) is 14. The molecule has 69 heavy (non-hydrogen) atoms. The number of allylic oxidation sites excluding steroid dienone is 26. The van der Waals surface area contributed by atoms with Gasteiger partial charge < -0.3 is 14.6 Å². The normalized spacial score (nSPS) is 13.5. The molecule has 0 aliphatic heterocycles. The van der Waals surface area contributed by atoms with E-state index in [0.717, 1.165) is 135 Å². The van der Waals surface area contributed by atoms with Gasteiger partial charge in [-0.3, -0.25) is 9.59 Å². The Kier molecular flexibility index (Phi) is 54.1. The monoisotopic (exact) mass is 949 g/mol. The number of carbonyl (C=O) groups is 2. The molecule has 0 saturated heterocycles. The molecule has 0 aliphatic rings. The van der Waals surface area contributed by atoms with Crippen LogP contribution < -0.4 is 0 Å². The number of hydrogen-bond acceptors (Lipinski definition) is 5. The molecule has 0 bridgehead atoms. The second-order valence-electron chi connectivity index (χ2n) is 17.6. The van der Waals surface area contributed by atoms with E-state index in [1.807, 2.05) is 0 Å². The molecule has 0 radical (unpaired) electrons. The first-order valence-corrected chi connectivity index (χ1v) is 27.5. The average molecular weight is 949 g/mol. The lowest BCUT2D eigenvalue weighted by molar-refractivity contribution is -0.161. The van der Waals surface area contributed by atoms with Gasteiger partial charge in [0.25, 0.3) is 0 Å². The van der Waals surface area contributed by atoms with Crippen LogP contribution in [0, 0.1) is 0 Å². The Morgan fingerprint density at radius 1 is 0.348 bits per heavy atom. The topological polar surface area (TPSA) is 72.8 Å². The molecule has 0 saturated carbocycles. The van der Waals surface area contributed by atoms with Gasteiger partial charge in [0.15, 0.2) is 6.10 Å². The van der Waals surface area contributed by atoms with Gasteiger partial charge in [-0.1, -0.05) is 236 Å². The molecule has 5 nitrogen and oxygen atoms in total. The van der Waals surface area contributed by atoms with Crippen molar-refractivity contribution in [3.05, 3.63) is 158 Å². The van der Waals surface area contributed by atoms with E-state index in [1.54, 1.807) is 0 Å². The maximum atomic E-state index is 12.3. The van der Waals surface area contributed by atoms with E-state index >= 15 is 0 Å². The first-order valence-electron chi connectivity index (χ1n) is 27.5. The molecule has 0 aliphatic carbocycles. The summed E-state index contributed by atoms with van der Waals surface area (Å²) in [5, 5.41) is 9.61. The Morgan fingerprint density at radius 2 is 0.623 bits per heavy atom. The van der Waals surface area contributed by atoms with Gasteiger partial charge >= 0.3 is 11.9 Å². The van der Waals surface area contributed by atoms with Gasteiger partial charge in [-0.05, 0) is 122 Å². The number of aliphatic hydroxyl groups excluding tert-OH is 1. The molecule has 5 heteroatoms. The van der Waals surface area contributed by atoms with Crippen LogP contribution in [0.1, 0.15) is 213 Å². The molecular formula is C64H100O5. The quantitative estimate of drug-likeness (QED) is 0.0374. The number of hydrogen-bond donors (Lipinski definition) is 1. The minimum Gasteiger partial charge on any atom is -0.462 e. The largest absolute Gasteiger partial charge is 0.462 e. The third kappa shape index (κ3) is 56.0. The SMILES string of the molecule is CC/C=C\C/C=C\C/C=C\C/C=C\C/C=C\C/C=C\C/C=C\C/C=C\C/C=C\C/C=C\C/C=C\CCCCCCCCCC(=O)OC(CO)COC(=O)CCCCCCC/C=C\C/C=C\CCCC. The Hall–Kier alpha value is -4.48. The molecule has 0 amide bonds. The van der Waals surface area contributed by atoms with Gasteiger partial charge in [-0.2, -0.15) is 0 Å². The summed E-state index contributed by atoms with van der Waals surface area (Å²) in [6, 6.07) is 0. The first kappa shape index (κ1) is 64.5. The Labute approximate surface area is 424 Å². The van der Waals surface area contributed by atoms with E-state index in [2.05, 4.69) is 172 Å². The molecule has 0 aromatic heterocycles. The number of rotatable bonds is 48. The van der Waals surface area contributed by atoms with E-state index in [4.69, 9.17) is 9.47 Å². The van der Waals surface area contributed by atoms with Gasteiger partial charge in [0.2, 0.25) is 0 Å². The highest BCUT2D eigenvalue weighted by Gasteiger charge is 2.16. The van der Waals surface area contributed by atoms with Crippen LogP contribution in [0.15, 0.2) is 158 Å². The van der Waals surface area contributed by atoms with Crippen molar-refractivity contribution in [3.63, 3.8) is 0 Å². The number of ether oxygens (including phenoxy) is 2. The summed E-state index contributed by atoms with van der Waals surface area (Å²) in [6.45, 7) is 3.95. The summed E-state index contributed by atoms with van der Waals surface area (Å²) in [6.07, 6.45) is 89.2. The van der Waals surface area contributed by atoms with Crippen molar-refractivity contribution in [2.75, 3.05) is 13.2 Å². The number of carbonyl (C=O) groups excluding carboxylic acids is 2. The Bertz CT molecular complexity index is 1540. The molecule has 386 valence electrons. The van der Waals surface area contributed by atoms with Crippen molar-refractivity contribution >= 4 is 11.9 Å². The second-order valence-corrected chi connectivity index (χ2v) is 17.6. The van der Waals surface area contributed by atoms with Gasteiger partial charge in [0, 0.05) is 12.8 Å². The summed E-state index contributed by atoms with van der Waals surface area (Å²) < 4.78 is 10.6. The van der Waals surface area contributed by atoms with Crippen molar-refractivity contribution in [1.82, 2.24) is 0 Å². The van der Waals surface area contributed by atoms with Crippen molar-refractivity contribution in [2.24, 2.45) is 0 Å². The molecular weight excluding hydrogens is 849 g/mol. The molecule has 1 unspecified atom stereocenters. The van der Waals surface area contributed by atoms with Gasteiger partial charge in [-0.15, -0.1) is 0 Å². The van der Waals surface area contributed by atoms with Gasteiger partial charge in [0.05, 0.1) is 6.61 Å². The lowest BCUT2D eigenvalue weighted by atomic mass is 10.1. The highest BCUT2D eigenvalue weighted by atomic mass is 16.6. The van der Waals surface area contributed by atoms with E-state index in [0.29, 0.717) is 12.8 Å². The maximum absolute atomic E-state index is 12.3. The molecule has 0 aromatic rings. The fraction of sp³-hybridized carbons (Fsp3) is 0.562. The zero-order valence-corrected chi connectivity index (χ0v) is 44.0. The Morgan fingerprint density at radius 3 is 0.942 bits per heavy atom. The van der Waals surface area contributed by atoms with Crippen molar-refractivity contribution in [2.45, 2.75) is 219 Å². The Balaban J connectivity index is 3.65. The van der Waals surface area contributed by atoms with Crippen molar-refractivity contribution < 1.29 is 24.2 Å². The van der Waals surface area contributed by atoms with Crippen LogP contribution in [0.25, 0.3) is 0 Å². The number of aliphatic hydroxyl groups is 1. The molecule has 0 spiro atoms. The van der Waals surface area contributed by atoms with Crippen LogP contribution in [0.4, 0.5) is 0 Å². The molecule has 0 aromatic carbocycles. The minimum atomic E-state index is -0.794. The van der Waals surface area contributed by atoms with Crippen LogP contribution in [-0.4, -0.2) is 36.4 Å². The van der Waals surface area contributed by atoms with Crippen LogP contribution in [0.5, 0.6) is 0 Å². The zero-order valence-electron chi connectivity index (χ0n) is 44.0. The lowest BCUT2D eigenvalue weighted by Gasteiger charge is -2.15. The molecule has 0 rings (SSSR count). The third-order valence-corrected chi connectivity index (χ3v) is 11.1. The molecule has 0 heterocycles. The van der Waals surface area contributed by atoms with Crippen LogP contribution >= 0.6 is 0 Å². The summed E-state index contributed by atoms with van der Waals surface area (Å²) in [7, 11) is 0. The predicted molar refractivity (Wildman–Crippen MR) is 301 cm³/mol. The fourth-order valence-corrected chi connectivity index (χ4v) is 6.93. The second kappa shape index (κ2) is 57.8. The first-order chi connectivity index (χ1) is 34.1. The molecule has 1 atom stereocenters. The van der Waals surface area contributed by atoms with E-state index < -0.39 is 6.10 Å². The summed E-state index contributed by atoms with van der Waals surface area (Å²) in [4.78, 5) is 24.4. The highest BCUT2D eigenvalue weighted by molar-refractivity contribution is 5.70. The van der Waals surface area contributed by atoms with Crippen LogP contribution in [0.3, 0.4) is 0 Å². The van der Waals surface area contributed by atoms with E-state index in [1.165, 1.54) is 51.4 Å². The highest BCUT2D eigenvalue weighted by Crippen LogP contribution is 2.12. The standard InChI is InChI=1S/C64H100O5/c1-3-5-7-9-11-13-15-17-19-20-21-22-23-24-25-26-27-28-29-30-31-32-33-34-35-36-37-38-39-40-41-42-43-44-45-47-49-51-53-55-57-59-64(67)69-62(60-65)61-68-63(66)58-56-54-52-50-48-46-18-16-14-12-10-8-6-4-2/h5,7,10-13,16-19,21-22,24-25,27-28,30-31,33-34,36-37,39-40,42-43,62,65H,3-4,6,8-9,14-15,20,23,26,29,32,35,38,41,44-61H2,1-2H3/b7-5-,12-10-,13-11-,18-16-,19-17-,22-21-,25-24-,28-27-,31-30-,34-33-,37-36-,40-39-,43-42-. The smallest absolute Gasteiger partial charge is 0.306 e. The summed E-state index contributed by atoms with van der Waals surface area (Å²) in [5.41, 5.74) is 0. The predicted octanol–water partition coefficient (Wildman–Crippen LogP) is 18.8.